The first-order valence-corrected chi connectivity index (χ1v) is 11.8. The molecule has 2 aliphatic carbocycles. The summed E-state index contributed by atoms with van der Waals surface area (Å²) in [5, 5.41) is 0. The molecule has 4 rings (SSSR count). The Hall–Kier alpha value is -0.657. The maximum atomic E-state index is 6.42. The number of benzene rings is 2. The number of allylic oxidation sites excluding steroid dienone is 2. The Bertz CT molecular complexity index is 695. The molecular weight excluding hydrogens is 418 g/mol. The minimum absolute atomic E-state index is 0. The Morgan fingerprint density at radius 1 is 0.792 bits per heavy atom. The summed E-state index contributed by atoms with van der Waals surface area (Å²) >= 11 is -2.17. The maximum absolute atomic E-state index is 6.42. The Balaban J connectivity index is 0.00000104. The number of rotatable bonds is 4. The molecule has 2 aromatic rings. The van der Waals surface area contributed by atoms with E-state index in [1.54, 1.807) is 0 Å². The van der Waals surface area contributed by atoms with Crippen LogP contribution in [0.3, 0.4) is 0 Å². The molecule has 0 heterocycles. The van der Waals surface area contributed by atoms with Crippen molar-refractivity contribution in [3.05, 3.63) is 82.9 Å². The van der Waals surface area contributed by atoms with Gasteiger partial charge in [0.15, 0.2) is 0 Å². The van der Waals surface area contributed by atoms with E-state index in [1.807, 2.05) is 0 Å². The predicted octanol–water partition coefficient (Wildman–Crippen LogP) is -0.900. The largest absolute Gasteiger partial charge is 1.00 e. The molecule has 24 heavy (non-hydrogen) atoms. The van der Waals surface area contributed by atoms with E-state index in [-0.39, 0.29) is 24.8 Å². The fourth-order valence-electron chi connectivity index (χ4n) is 3.53. The molecule has 0 amide bonds. The monoisotopic (exact) mass is 435 g/mol. The van der Waals surface area contributed by atoms with Gasteiger partial charge in [-0.05, 0) is 0 Å². The number of hydrogen-bond acceptors (Lipinski definition) is 1. The molecule has 0 fully saturated rings. The predicted molar refractivity (Wildman–Crippen MR) is 88.1 cm³/mol. The van der Waals surface area contributed by atoms with Gasteiger partial charge < -0.3 is 24.8 Å². The molecule has 0 radical (unpaired) electrons. The average Bonchev–Trinajstić information content (AvgIpc) is 3.17. The van der Waals surface area contributed by atoms with Crippen LogP contribution < -0.4 is 24.8 Å². The van der Waals surface area contributed by atoms with E-state index >= 15 is 0 Å². The van der Waals surface area contributed by atoms with Crippen LogP contribution in [0.15, 0.2) is 60.7 Å². The van der Waals surface area contributed by atoms with Crippen LogP contribution in [-0.4, -0.2) is 6.61 Å². The summed E-state index contributed by atoms with van der Waals surface area (Å²) in [6, 6.07) is 17.6. The topological polar surface area (TPSA) is 9.23 Å². The SMILES string of the molecule is CC[O][Zr+2]([CH]1C=Cc2ccccc21)[CH]1C=Cc2ccccc21.[Cl-].[Cl-]. The average molecular weight is 438 g/mol. The van der Waals surface area contributed by atoms with Crippen molar-refractivity contribution in [3.8, 4) is 0 Å². The van der Waals surface area contributed by atoms with E-state index in [9.17, 15) is 0 Å². The molecular formula is C20H19Cl2OZr. The molecule has 1 nitrogen and oxygen atoms in total. The Labute approximate surface area is 164 Å². The molecule has 2 aliphatic rings. The second kappa shape index (κ2) is 8.63. The van der Waals surface area contributed by atoms with E-state index in [4.69, 9.17) is 2.81 Å². The second-order valence-electron chi connectivity index (χ2n) is 5.77. The molecule has 123 valence electrons. The quantitative estimate of drug-likeness (QED) is 0.603. The van der Waals surface area contributed by atoms with Gasteiger partial charge in [-0.2, -0.15) is 0 Å². The van der Waals surface area contributed by atoms with Crippen molar-refractivity contribution in [2.75, 3.05) is 6.61 Å². The third kappa shape index (κ3) is 3.49. The van der Waals surface area contributed by atoms with Gasteiger partial charge in [0, 0.05) is 0 Å². The van der Waals surface area contributed by atoms with Gasteiger partial charge in [0.25, 0.3) is 0 Å². The Kier molecular flexibility index (Phi) is 7.07. The van der Waals surface area contributed by atoms with Gasteiger partial charge in [-0.15, -0.1) is 0 Å². The minimum Gasteiger partial charge on any atom is -1.00 e. The van der Waals surface area contributed by atoms with Gasteiger partial charge >= 0.3 is 141 Å². The molecule has 0 aromatic heterocycles. The van der Waals surface area contributed by atoms with Gasteiger partial charge in [0.05, 0.1) is 0 Å². The van der Waals surface area contributed by atoms with Gasteiger partial charge in [0.2, 0.25) is 0 Å². The molecule has 0 spiro atoms. The first-order chi connectivity index (χ1) is 10.9. The maximum Gasteiger partial charge on any atom is -1.00 e. The van der Waals surface area contributed by atoms with Crippen LogP contribution in [0, 0.1) is 0 Å². The van der Waals surface area contributed by atoms with E-state index in [0.717, 1.165) is 6.61 Å². The van der Waals surface area contributed by atoms with E-state index in [0.29, 0.717) is 7.25 Å². The van der Waals surface area contributed by atoms with Crippen molar-refractivity contribution in [1.82, 2.24) is 0 Å². The van der Waals surface area contributed by atoms with Gasteiger partial charge in [-0.25, -0.2) is 0 Å². The Morgan fingerprint density at radius 2 is 1.25 bits per heavy atom. The summed E-state index contributed by atoms with van der Waals surface area (Å²) in [6.07, 6.45) is 9.35. The molecule has 0 saturated carbocycles. The van der Waals surface area contributed by atoms with Crippen molar-refractivity contribution in [2.24, 2.45) is 0 Å². The summed E-state index contributed by atoms with van der Waals surface area (Å²) in [4.78, 5) is 0. The van der Waals surface area contributed by atoms with Crippen molar-refractivity contribution >= 4 is 12.2 Å². The molecule has 2 aromatic carbocycles. The molecule has 4 heteroatoms. The number of fused-ring (bicyclic) bond motifs is 2. The molecule has 0 aliphatic heterocycles. The third-order valence-electron chi connectivity index (χ3n) is 4.52. The van der Waals surface area contributed by atoms with E-state index < -0.39 is 22.2 Å². The summed E-state index contributed by atoms with van der Waals surface area (Å²) in [5.41, 5.74) is 5.70. The molecule has 2 atom stereocenters. The fourth-order valence-corrected chi connectivity index (χ4v) is 10.4. The van der Waals surface area contributed by atoms with Crippen molar-refractivity contribution in [1.29, 1.82) is 0 Å². The molecule has 0 saturated heterocycles. The van der Waals surface area contributed by atoms with Crippen molar-refractivity contribution in [2.45, 2.75) is 14.2 Å². The fraction of sp³-hybridized carbons (Fsp3) is 0.200. The molecule has 2 unspecified atom stereocenters. The van der Waals surface area contributed by atoms with Crippen LogP contribution in [0.2, 0.25) is 0 Å². The second-order valence-corrected chi connectivity index (χ2v) is 11.5. The summed E-state index contributed by atoms with van der Waals surface area (Å²) in [5.74, 6) is 0. The third-order valence-corrected chi connectivity index (χ3v) is 11.5. The number of halogens is 2. The van der Waals surface area contributed by atoms with Crippen molar-refractivity contribution in [3.63, 3.8) is 0 Å². The smallest absolute Gasteiger partial charge is 1.00 e. The standard InChI is InChI=1S/2C9H7.C2H5O.2ClH.Zr/c2*1-2-5-9-7-3-6-8(9)4-1;1-2-3;;;/h2*1-7H;2H2,1H3;2*1H;/q;;-1;;;+3/p-2. The zero-order valence-corrected chi connectivity index (χ0v) is 17.4. The van der Waals surface area contributed by atoms with Crippen LogP contribution >= 0.6 is 0 Å². The Morgan fingerprint density at radius 3 is 1.71 bits per heavy atom. The van der Waals surface area contributed by atoms with Crippen LogP contribution in [0.4, 0.5) is 0 Å². The summed E-state index contributed by atoms with van der Waals surface area (Å²) in [6.45, 7) is 2.96. The minimum atomic E-state index is -2.17. The van der Waals surface area contributed by atoms with E-state index in [2.05, 4.69) is 79.8 Å². The zero-order valence-electron chi connectivity index (χ0n) is 13.5. The van der Waals surface area contributed by atoms with Gasteiger partial charge in [-0.1, -0.05) is 0 Å². The zero-order chi connectivity index (χ0) is 14.9. The van der Waals surface area contributed by atoms with Crippen LogP contribution in [0.1, 0.15) is 36.4 Å². The van der Waals surface area contributed by atoms with E-state index in [1.165, 1.54) is 22.3 Å². The van der Waals surface area contributed by atoms with Crippen LogP contribution in [-0.2, 0) is 25.0 Å². The first-order valence-electron chi connectivity index (χ1n) is 7.92. The summed E-state index contributed by atoms with van der Waals surface area (Å²) in [7, 11) is 0. The number of hydrogen-bond donors (Lipinski definition) is 0. The normalized spacial score (nSPS) is 19.2. The van der Waals surface area contributed by atoms with Crippen LogP contribution in [0.25, 0.3) is 12.2 Å². The van der Waals surface area contributed by atoms with Crippen molar-refractivity contribution < 1.29 is 49.8 Å². The summed E-state index contributed by atoms with van der Waals surface area (Å²) < 4.78 is 7.47. The van der Waals surface area contributed by atoms with Gasteiger partial charge in [-0.3, -0.25) is 0 Å². The first kappa shape index (κ1) is 19.7. The van der Waals surface area contributed by atoms with Gasteiger partial charge in [0.1, 0.15) is 0 Å². The molecule has 0 bridgehead atoms. The van der Waals surface area contributed by atoms with Crippen LogP contribution in [0.5, 0.6) is 0 Å². The molecule has 0 N–H and O–H groups in total.